The molecule has 2 heterocycles. The fraction of sp³-hybridized carbons (Fsp3) is 0.150. The minimum absolute atomic E-state index is 0.309. The van der Waals surface area contributed by atoms with Crippen molar-refractivity contribution in [2.45, 2.75) is 13.8 Å². The molecule has 0 saturated heterocycles. The SMILES string of the molecule is COc1cnc(/C=C\c2ccccc2)c(NC(=O)c2cc(C)oc2C)n1. The normalized spacial score (nSPS) is 10.9. The van der Waals surface area contributed by atoms with E-state index in [2.05, 4.69) is 15.3 Å². The summed E-state index contributed by atoms with van der Waals surface area (Å²) in [5, 5.41) is 2.79. The Morgan fingerprint density at radius 2 is 1.96 bits per heavy atom. The molecule has 0 atom stereocenters. The molecule has 0 aliphatic carbocycles. The Bertz CT molecular complexity index is 946. The monoisotopic (exact) mass is 349 g/mol. The highest BCUT2D eigenvalue weighted by molar-refractivity contribution is 6.05. The lowest BCUT2D eigenvalue weighted by Gasteiger charge is -2.08. The van der Waals surface area contributed by atoms with Gasteiger partial charge in [-0.1, -0.05) is 36.4 Å². The molecule has 0 aliphatic rings. The molecular formula is C20H19N3O3. The molecule has 1 N–H and O–H groups in total. The summed E-state index contributed by atoms with van der Waals surface area (Å²) < 4.78 is 10.5. The summed E-state index contributed by atoms with van der Waals surface area (Å²) in [5.41, 5.74) is 2.01. The minimum Gasteiger partial charge on any atom is -0.480 e. The lowest BCUT2D eigenvalue weighted by molar-refractivity contribution is 0.102. The van der Waals surface area contributed by atoms with Crippen LogP contribution in [0.5, 0.6) is 5.88 Å². The first-order valence-corrected chi connectivity index (χ1v) is 8.09. The second kappa shape index (κ2) is 7.65. The Labute approximate surface area is 151 Å². The molecule has 0 spiro atoms. The quantitative estimate of drug-likeness (QED) is 0.750. The molecular weight excluding hydrogens is 330 g/mol. The van der Waals surface area contributed by atoms with Gasteiger partial charge in [0.1, 0.15) is 17.2 Å². The number of amides is 1. The molecule has 0 bridgehead atoms. The molecule has 2 aromatic heterocycles. The van der Waals surface area contributed by atoms with E-state index in [0.29, 0.717) is 34.5 Å². The maximum Gasteiger partial charge on any atom is 0.260 e. The van der Waals surface area contributed by atoms with Crippen LogP contribution in [-0.4, -0.2) is 23.0 Å². The van der Waals surface area contributed by atoms with E-state index in [1.165, 1.54) is 13.3 Å². The Kier molecular flexibility index (Phi) is 5.12. The zero-order valence-corrected chi connectivity index (χ0v) is 14.8. The molecule has 6 nitrogen and oxygen atoms in total. The van der Waals surface area contributed by atoms with Crippen molar-refractivity contribution in [1.29, 1.82) is 0 Å². The van der Waals surface area contributed by atoms with Crippen LogP contribution in [0.25, 0.3) is 12.2 Å². The molecule has 0 radical (unpaired) electrons. The maximum absolute atomic E-state index is 12.6. The molecule has 1 aromatic carbocycles. The third kappa shape index (κ3) is 3.97. The number of ether oxygens (including phenoxy) is 1. The van der Waals surface area contributed by atoms with Crippen molar-refractivity contribution in [3.05, 3.63) is 70.9 Å². The van der Waals surface area contributed by atoms with Crippen molar-refractivity contribution in [3.63, 3.8) is 0 Å². The maximum atomic E-state index is 12.6. The number of furan rings is 1. The average Bonchev–Trinajstić information content (AvgIpc) is 2.99. The van der Waals surface area contributed by atoms with Gasteiger partial charge in [0.05, 0.1) is 18.9 Å². The van der Waals surface area contributed by atoms with E-state index in [1.807, 2.05) is 36.4 Å². The summed E-state index contributed by atoms with van der Waals surface area (Å²) in [6.45, 7) is 3.54. The van der Waals surface area contributed by atoms with Crippen LogP contribution in [-0.2, 0) is 0 Å². The zero-order chi connectivity index (χ0) is 18.5. The van der Waals surface area contributed by atoms with Crippen LogP contribution in [0.4, 0.5) is 5.82 Å². The number of aryl methyl sites for hydroxylation is 2. The number of hydrogen-bond donors (Lipinski definition) is 1. The summed E-state index contributed by atoms with van der Waals surface area (Å²) >= 11 is 0. The van der Waals surface area contributed by atoms with Gasteiger partial charge >= 0.3 is 0 Å². The second-order valence-corrected chi connectivity index (χ2v) is 5.67. The molecule has 1 amide bonds. The molecule has 0 saturated carbocycles. The van der Waals surface area contributed by atoms with Gasteiger partial charge in [-0.05, 0) is 31.6 Å². The Hall–Kier alpha value is -3.41. The average molecular weight is 349 g/mol. The molecule has 26 heavy (non-hydrogen) atoms. The van der Waals surface area contributed by atoms with Gasteiger partial charge in [0.15, 0.2) is 5.82 Å². The third-order valence-electron chi connectivity index (χ3n) is 3.74. The summed E-state index contributed by atoms with van der Waals surface area (Å²) in [4.78, 5) is 21.2. The number of methoxy groups -OCH3 is 1. The molecule has 0 fully saturated rings. The number of hydrogen-bond acceptors (Lipinski definition) is 5. The van der Waals surface area contributed by atoms with Gasteiger partial charge in [-0.25, -0.2) is 4.98 Å². The van der Waals surface area contributed by atoms with E-state index < -0.39 is 0 Å². The highest BCUT2D eigenvalue weighted by Crippen LogP contribution is 2.20. The molecule has 0 aliphatic heterocycles. The van der Waals surface area contributed by atoms with Crippen LogP contribution >= 0.6 is 0 Å². The van der Waals surface area contributed by atoms with Crippen molar-refractivity contribution >= 4 is 23.9 Å². The lowest BCUT2D eigenvalue weighted by Crippen LogP contribution is -2.15. The van der Waals surface area contributed by atoms with Crippen molar-refractivity contribution in [2.24, 2.45) is 0 Å². The summed E-state index contributed by atoms with van der Waals surface area (Å²) in [6.07, 6.45) is 5.21. The van der Waals surface area contributed by atoms with Gasteiger partial charge in [-0.2, -0.15) is 4.98 Å². The van der Waals surface area contributed by atoms with E-state index in [9.17, 15) is 4.79 Å². The van der Waals surface area contributed by atoms with Crippen molar-refractivity contribution in [2.75, 3.05) is 12.4 Å². The van der Waals surface area contributed by atoms with E-state index in [4.69, 9.17) is 9.15 Å². The minimum atomic E-state index is -0.309. The van der Waals surface area contributed by atoms with Crippen molar-refractivity contribution in [3.8, 4) is 5.88 Å². The van der Waals surface area contributed by atoms with Crippen molar-refractivity contribution in [1.82, 2.24) is 9.97 Å². The number of nitrogens with one attached hydrogen (secondary N) is 1. The Morgan fingerprint density at radius 3 is 2.62 bits per heavy atom. The molecule has 132 valence electrons. The summed E-state index contributed by atoms with van der Waals surface area (Å²) in [7, 11) is 1.50. The van der Waals surface area contributed by atoms with Gasteiger partial charge < -0.3 is 14.5 Å². The summed E-state index contributed by atoms with van der Waals surface area (Å²) in [6, 6.07) is 11.5. The highest BCUT2D eigenvalue weighted by Gasteiger charge is 2.16. The van der Waals surface area contributed by atoms with Gasteiger partial charge in [0, 0.05) is 0 Å². The van der Waals surface area contributed by atoms with Gasteiger partial charge in [0.25, 0.3) is 5.91 Å². The number of benzene rings is 1. The molecule has 6 heteroatoms. The smallest absolute Gasteiger partial charge is 0.260 e. The Balaban J connectivity index is 1.90. The van der Waals surface area contributed by atoms with Gasteiger partial charge in [-0.15, -0.1) is 0 Å². The fourth-order valence-electron chi connectivity index (χ4n) is 2.46. The standard InChI is InChI=1S/C20H19N3O3/c1-13-11-16(14(2)26-13)20(24)23-19-17(21-12-18(22-19)25-3)10-9-15-7-5-4-6-8-15/h4-12H,1-3H3,(H,22,23,24)/b10-9-. The van der Waals surface area contributed by atoms with Crippen LogP contribution in [0.1, 0.15) is 33.1 Å². The summed E-state index contributed by atoms with van der Waals surface area (Å²) in [5.74, 6) is 1.55. The molecule has 3 rings (SSSR count). The van der Waals surface area contributed by atoms with E-state index in [1.54, 1.807) is 26.0 Å². The first-order valence-electron chi connectivity index (χ1n) is 8.09. The number of anilines is 1. The number of aromatic nitrogens is 2. The van der Waals surface area contributed by atoms with E-state index >= 15 is 0 Å². The molecule has 3 aromatic rings. The predicted molar refractivity (Wildman–Crippen MR) is 100 cm³/mol. The highest BCUT2D eigenvalue weighted by atomic mass is 16.5. The Morgan fingerprint density at radius 1 is 1.19 bits per heavy atom. The van der Waals surface area contributed by atoms with Crippen LogP contribution in [0, 0.1) is 13.8 Å². The lowest BCUT2D eigenvalue weighted by atomic mass is 10.2. The number of nitrogens with zero attached hydrogens (tertiary/aromatic N) is 2. The van der Waals surface area contributed by atoms with E-state index in [0.717, 1.165) is 5.56 Å². The number of carbonyl (C=O) groups excluding carboxylic acids is 1. The van der Waals surface area contributed by atoms with Crippen LogP contribution in [0.3, 0.4) is 0 Å². The van der Waals surface area contributed by atoms with Crippen LogP contribution in [0.15, 0.2) is 47.0 Å². The first kappa shape index (κ1) is 17.4. The molecule has 0 unspecified atom stereocenters. The predicted octanol–water partition coefficient (Wildman–Crippen LogP) is 4.12. The zero-order valence-electron chi connectivity index (χ0n) is 14.8. The van der Waals surface area contributed by atoms with Crippen LogP contribution < -0.4 is 10.1 Å². The fourth-order valence-corrected chi connectivity index (χ4v) is 2.46. The second-order valence-electron chi connectivity index (χ2n) is 5.67. The number of rotatable bonds is 5. The topological polar surface area (TPSA) is 77.2 Å². The van der Waals surface area contributed by atoms with Crippen molar-refractivity contribution < 1.29 is 13.9 Å². The largest absolute Gasteiger partial charge is 0.480 e. The van der Waals surface area contributed by atoms with Gasteiger partial charge in [0.2, 0.25) is 5.88 Å². The van der Waals surface area contributed by atoms with E-state index in [-0.39, 0.29) is 5.91 Å². The third-order valence-corrected chi connectivity index (χ3v) is 3.74. The number of carbonyl (C=O) groups is 1. The first-order chi connectivity index (χ1) is 12.6. The van der Waals surface area contributed by atoms with Gasteiger partial charge in [-0.3, -0.25) is 4.79 Å². The van der Waals surface area contributed by atoms with Crippen LogP contribution in [0.2, 0.25) is 0 Å².